The molecule has 0 aromatic heterocycles. The van der Waals surface area contributed by atoms with Gasteiger partial charge in [-0.15, -0.1) is 0 Å². The van der Waals surface area contributed by atoms with E-state index in [4.69, 9.17) is 0 Å². The number of amides is 1. The zero-order chi connectivity index (χ0) is 11.2. The molecule has 1 amide bonds. The number of hydrogen-bond acceptors (Lipinski definition) is 2. The second-order valence-electron chi connectivity index (χ2n) is 4.39. The van der Waals surface area contributed by atoms with Crippen LogP contribution in [0, 0.1) is 0 Å². The summed E-state index contributed by atoms with van der Waals surface area (Å²) in [7, 11) is 0. The lowest BCUT2D eigenvalue weighted by atomic mass is 9.98. The Kier molecular flexibility index (Phi) is 5.77. The molecule has 0 saturated heterocycles. The molecule has 2 N–H and O–H groups in total. The molecule has 0 bridgehead atoms. The van der Waals surface area contributed by atoms with E-state index in [1.165, 1.54) is 0 Å². The minimum absolute atomic E-state index is 0.0409. The van der Waals surface area contributed by atoms with Crippen LogP contribution >= 0.6 is 0 Å². The molecule has 14 heavy (non-hydrogen) atoms. The van der Waals surface area contributed by atoms with Crippen molar-refractivity contribution in [1.29, 1.82) is 0 Å². The first-order chi connectivity index (χ1) is 6.43. The Labute approximate surface area is 87.6 Å². The van der Waals surface area contributed by atoms with Crippen LogP contribution in [0.3, 0.4) is 0 Å². The highest BCUT2D eigenvalue weighted by atomic mass is 16.2. The fraction of sp³-hybridized carbons (Fsp3) is 0.909. The largest absolute Gasteiger partial charge is 0.355 e. The van der Waals surface area contributed by atoms with Gasteiger partial charge in [0.15, 0.2) is 0 Å². The van der Waals surface area contributed by atoms with Crippen molar-refractivity contribution in [1.82, 2.24) is 10.6 Å². The second-order valence-corrected chi connectivity index (χ2v) is 4.39. The third kappa shape index (κ3) is 5.22. The van der Waals surface area contributed by atoms with E-state index >= 15 is 0 Å². The van der Waals surface area contributed by atoms with E-state index < -0.39 is 0 Å². The van der Waals surface area contributed by atoms with Crippen molar-refractivity contribution in [3.63, 3.8) is 0 Å². The van der Waals surface area contributed by atoms with Gasteiger partial charge < -0.3 is 10.6 Å². The molecule has 0 spiro atoms. The molecule has 0 saturated carbocycles. The van der Waals surface area contributed by atoms with E-state index in [1.807, 2.05) is 13.8 Å². The molecule has 3 nitrogen and oxygen atoms in total. The van der Waals surface area contributed by atoms with Crippen molar-refractivity contribution in [2.45, 2.75) is 59.0 Å². The van der Waals surface area contributed by atoms with Gasteiger partial charge in [0.1, 0.15) is 0 Å². The molecule has 0 aromatic carbocycles. The van der Waals surface area contributed by atoms with Gasteiger partial charge in [-0.25, -0.2) is 0 Å². The van der Waals surface area contributed by atoms with Crippen molar-refractivity contribution >= 4 is 5.91 Å². The molecular formula is C11H24N2O. The van der Waals surface area contributed by atoms with Crippen molar-refractivity contribution in [2.75, 3.05) is 6.54 Å². The minimum Gasteiger partial charge on any atom is -0.355 e. The Morgan fingerprint density at radius 2 is 1.93 bits per heavy atom. The molecule has 84 valence electrons. The maximum absolute atomic E-state index is 11.5. The molecule has 3 heteroatoms. The zero-order valence-corrected chi connectivity index (χ0v) is 10.1. The zero-order valence-electron chi connectivity index (χ0n) is 10.1. The Morgan fingerprint density at radius 1 is 1.36 bits per heavy atom. The van der Waals surface area contributed by atoms with Crippen LogP contribution in [-0.2, 0) is 4.79 Å². The Hall–Kier alpha value is -0.570. The van der Waals surface area contributed by atoms with E-state index in [0.29, 0.717) is 6.54 Å². The molecule has 0 rings (SSSR count). The predicted octanol–water partition coefficient (Wildman–Crippen LogP) is 1.68. The van der Waals surface area contributed by atoms with Crippen LogP contribution in [0.4, 0.5) is 0 Å². The molecule has 0 fully saturated rings. The van der Waals surface area contributed by atoms with Gasteiger partial charge in [0.25, 0.3) is 0 Å². The smallest absolute Gasteiger partial charge is 0.236 e. The molecule has 0 aliphatic rings. The third-order valence-corrected chi connectivity index (χ3v) is 2.23. The van der Waals surface area contributed by atoms with Crippen LogP contribution in [0.2, 0.25) is 0 Å². The molecule has 0 aliphatic carbocycles. The first kappa shape index (κ1) is 13.4. The second kappa shape index (κ2) is 6.02. The number of nitrogens with one attached hydrogen (secondary N) is 2. The van der Waals surface area contributed by atoms with Gasteiger partial charge in [-0.3, -0.25) is 4.79 Å². The third-order valence-electron chi connectivity index (χ3n) is 2.23. The summed E-state index contributed by atoms with van der Waals surface area (Å²) in [4.78, 5) is 11.5. The minimum atomic E-state index is -0.114. The van der Waals surface area contributed by atoms with Crippen LogP contribution in [-0.4, -0.2) is 24.0 Å². The summed E-state index contributed by atoms with van der Waals surface area (Å²) in [5, 5.41) is 6.14. The normalized spacial score (nSPS) is 13.8. The van der Waals surface area contributed by atoms with Gasteiger partial charge in [0, 0.05) is 12.1 Å². The quantitative estimate of drug-likeness (QED) is 0.685. The van der Waals surface area contributed by atoms with E-state index in [0.717, 1.165) is 12.8 Å². The summed E-state index contributed by atoms with van der Waals surface area (Å²) in [5.41, 5.74) is 0.0409. The van der Waals surface area contributed by atoms with Crippen LogP contribution in [0.25, 0.3) is 0 Å². The highest BCUT2D eigenvalue weighted by Crippen LogP contribution is 2.11. The molecule has 1 unspecified atom stereocenters. The van der Waals surface area contributed by atoms with E-state index in [-0.39, 0.29) is 17.5 Å². The molecule has 1 atom stereocenters. The SMILES string of the molecule is CCCC(C)(C)NC(C)C(=O)NCC. The number of rotatable bonds is 6. The predicted molar refractivity (Wildman–Crippen MR) is 60.3 cm³/mol. The van der Waals surface area contributed by atoms with E-state index in [1.54, 1.807) is 0 Å². The topological polar surface area (TPSA) is 41.1 Å². The highest BCUT2D eigenvalue weighted by Gasteiger charge is 2.22. The number of hydrogen-bond donors (Lipinski definition) is 2. The van der Waals surface area contributed by atoms with Crippen LogP contribution < -0.4 is 10.6 Å². The number of carbonyl (C=O) groups excluding carboxylic acids is 1. The lowest BCUT2D eigenvalue weighted by Crippen LogP contribution is -2.51. The summed E-state index contributed by atoms with van der Waals surface area (Å²) in [6.45, 7) is 10.9. The first-order valence-corrected chi connectivity index (χ1v) is 5.48. The number of likely N-dealkylation sites (N-methyl/N-ethyl adjacent to an activating group) is 1. The molecular weight excluding hydrogens is 176 g/mol. The fourth-order valence-corrected chi connectivity index (χ4v) is 1.68. The monoisotopic (exact) mass is 200 g/mol. The van der Waals surface area contributed by atoms with Crippen molar-refractivity contribution in [3.05, 3.63) is 0 Å². The Balaban J connectivity index is 4.03. The van der Waals surface area contributed by atoms with E-state index in [9.17, 15) is 4.79 Å². The average Bonchev–Trinajstić information content (AvgIpc) is 2.03. The summed E-state index contributed by atoms with van der Waals surface area (Å²) in [5.74, 6) is 0.0803. The average molecular weight is 200 g/mol. The van der Waals surface area contributed by atoms with Gasteiger partial charge in [0.05, 0.1) is 6.04 Å². The summed E-state index contributed by atoms with van der Waals surface area (Å²) < 4.78 is 0. The standard InChI is InChI=1S/C11H24N2O/c1-6-8-11(4,5)13-9(3)10(14)12-7-2/h9,13H,6-8H2,1-5H3,(H,12,14). The van der Waals surface area contributed by atoms with Crippen molar-refractivity contribution in [3.8, 4) is 0 Å². The van der Waals surface area contributed by atoms with Crippen LogP contribution in [0.5, 0.6) is 0 Å². The Bertz CT molecular complexity index is 178. The van der Waals surface area contributed by atoms with Gasteiger partial charge in [-0.1, -0.05) is 13.3 Å². The van der Waals surface area contributed by atoms with E-state index in [2.05, 4.69) is 31.4 Å². The van der Waals surface area contributed by atoms with Gasteiger partial charge >= 0.3 is 0 Å². The maximum atomic E-state index is 11.5. The lowest BCUT2D eigenvalue weighted by Gasteiger charge is -2.29. The molecule has 0 aromatic rings. The molecule has 0 heterocycles. The lowest BCUT2D eigenvalue weighted by molar-refractivity contribution is -0.123. The highest BCUT2D eigenvalue weighted by molar-refractivity contribution is 5.81. The van der Waals surface area contributed by atoms with Gasteiger partial charge in [0.2, 0.25) is 5.91 Å². The van der Waals surface area contributed by atoms with Gasteiger partial charge in [-0.2, -0.15) is 0 Å². The van der Waals surface area contributed by atoms with Crippen molar-refractivity contribution < 1.29 is 4.79 Å². The summed E-state index contributed by atoms with van der Waals surface area (Å²) in [6.07, 6.45) is 2.21. The van der Waals surface area contributed by atoms with Crippen LogP contribution in [0.15, 0.2) is 0 Å². The first-order valence-electron chi connectivity index (χ1n) is 5.48. The maximum Gasteiger partial charge on any atom is 0.236 e. The van der Waals surface area contributed by atoms with Crippen LogP contribution in [0.1, 0.15) is 47.5 Å². The molecule has 0 aliphatic heterocycles. The summed E-state index contributed by atoms with van der Waals surface area (Å²) >= 11 is 0. The summed E-state index contributed by atoms with van der Waals surface area (Å²) in [6, 6.07) is -0.114. The molecule has 0 radical (unpaired) electrons. The fourth-order valence-electron chi connectivity index (χ4n) is 1.68. The van der Waals surface area contributed by atoms with Gasteiger partial charge in [-0.05, 0) is 34.1 Å². The van der Waals surface area contributed by atoms with Crippen molar-refractivity contribution in [2.24, 2.45) is 0 Å². The number of carbonyl (C=O) groups is 1. The Morgan fingerprint density at radius 3 is 2.36 bits per heavy atom.